The van der Waals surface area contributed by atoms with Gasteiger partial charge in [-0.2, -0.15) is 5.10 Å². The van der Waals surface area contributed by atoms with Crippen molar-refractivity contribution in [3.63, 3.8) is 0 Å². The van der Waals surface area contributed by atoms with E-state index in [-0.39, 0.29) is 17.8 Å². The van der Waals surface area contributed by atoms with Crippen molar-refractivity contribution < 1.29 is 9.18 Å². The van der Waals surface area contributed by atoms with Crippen LogP contribution in [-0.2, 0) is 0 Å². The second-order valence-electron chi connectivity index (χ2n) is 9.15. The minimum Gasteiger partial charge on any atom is -0.349 e. The largest absolute Gasteiger partial charge is 0.349 e. The maximum Gasteiger partial charge on any atom is 0.251 e. The quantitative estimate of drug-likeness (QED) is 0.364. The molecule has 35 heavy (non-hydrogen) atoms. The van der Waals surface area contributed by atoms with Crippen molar-refractivity contribution in [3.05, 3.63) is 83.3 Å². The van der Waals surface area contributed by atoms with Crippen LogP contribution in [0.2, 0.25) is 0 Å². The average molecular weight is 473 g/mol. The molecule has 0 spiro atoms. The molecule has 3 aromatic carbocycles. The zero-order chi connectivity index (χ0) is 24.9. The molecule has 1 fully saturated rings. The predicted molar refractivity (Wildman–Crippen MR) is 141 cm³/mol. The molecule has 4 aromatic rings. The fourth-order valence-electron chi connectivity index (χ4n) is 3.95. The van der Waals surface area contributed by atoms with Crippen LogP contribution in [0.3, 0.4) is 0 Å². The van der Waals surface area contributed by atoms with Crippen LogP contribution in [-0.4, -0.2) is 35.3 Å². The molecular formula is C29H33FN4O. The van der Waals surface area contributed by atoms with E-state index in [9.17, 15) is 9.18 Å². The molecule has 0 saturated heterocycles. The van der Waals surface area contributed by atoms with E-state index in [2.05, 4.69) is 41.7 Å². The minimum atomic E-state index is -0.371. The summed E-state index contributed by atoms with van der Waals surface area (Å²) in [7, 11) is 1.96. The van der Waals surface area contributed by atoms with Crippen LogP contribution in [0.15, 0.2) is 60.8 Å². The van der Waals surface area contributed by atoms with Crippen molar-refractivity contribution in [2.24, 2.45) is 0 Å². The lowest BCUT2D eigenvalue weighted by Crippen LogP contribution is -2.25. The number of nitrogens with one attached hydrogen (secondary N) is 2. The maximum atomic E-state index is 14.6. The second kappa shape index (κ2) is 10.8. The Morgan fingerprint density at radius 3 is 2.46 bits per heavy atom. The number of halogens is 1. The first-order valence-corrected chi connectivity index (χ1v) is 12.2. The van der Waals surface area contributed by atoms with Crippen LogP contribution in [0, 0.1) is 19.7 Å². The first kappa shape index (κ1) is 24.6. The molecule has 1 heterocycles. The molecule has 0 bridgehead atoms. The Kier molecular flexibility index (Phi) is 7.61. The van der Waals surface area contributed by atoms with Gasteiger partial charge < -0.3 is 10.6 Å². The molecular weight excluding hydrogens is 439 g/mol. The number of amides is 1. The lowest BCUT2D eigenvalue weighted by atomic mass is 9.96. The van der Waals surface area contributed by atoms with Gasteiger partial charge >= 0.3 is 0 Å². The van der Waals surface area contributed by atoms with E-state index in [4.69, 9.17) is 0 Å². The molecule has 6 heteroatoms. The number of aryl methyl sites for hydroxylation is 1. The summed E-state index contributed by atoms with van der Waals surface area (Å²) < 4.78 is 16.5. The fourth-order valence-corrected chi connectivity index (χ4v) is 3.95. The van der Waals surface area contributed by atoms with E-state index in [0.29, 0.717) is 11.1 Å². The molecule has 0 atom stereocenters. The number of nitrogens with zero attached hydrogens (tertiary/aromatic N) is 2. The van der Waals surface area contributed by atoms with E-state index in [1.54, 1.807) is 13.0 Å². The summed E-state index contributed by atoms with van der Waals surface area (Å²) in [5, 5.41) is 11.4. The SMILES string of the molecule is CCCNC.Cc1ccc(-n2ncc3cc(-c4cc(C(=O)NC5CC5)cc(F)c4C)ccc32)cc1. The zero-order valence-electron chi connectivity index (χ0n) is 20.9. The number of benzene rings is 3. The molecule has 5 nitrogen and oxygen atoms in total. The predicted octanol–water partition coefficient (Wildman–Crippen LogP) is 5.96. The number of carbonyl (C=O) groups is 1. The van der Waals surface area contributed by atoms with E-state index in [1.165, 1.54) is 18.1 Å². The van der Waals surface area contributed by atoms with Crippen LogP contribution < -0.4 is 10.6 Å². The van der Waals surface area contributed by atoms with Gasteiger partial charge in [0.2, 0.25) is 0 Å². The summed E-state index contributed by atoms with van der Waals surface area (Å²) in [5.41, 5.74) is 5.64. The monoisotopic (exact) mass is 472 g/mol. The molecule has 0 radical (unpaired) electrons. The van der Waals surface area contributed by atoms with Crippen LogP contribution in [0.25, 0.3) is 27.7 Å². The number of carbonyl (C=O) groups excluding carboxylic acids is 1. The van der Waals surface area contributed by atoms with Gasteiger partial charge in [0, 0.05) is 17.0 Å². The Bertz CT molecular complexity index is 1320. The summed E-state index contributed by atoms with van der Waals surface area (Å²) in [5.74, 6) is -0.588. The summed E-state index contributed by atoms with van der Waals surface area (Å²) in [6.07, 6.45) is 5.04. The molecule has 0 aliphatic heterocycles. The molecule has 0 unspecified atom stereocenters. The Hall–Kier alpha value is -3.51. The number of rotatable bonds is 6. The molecule has 5 rings (SSSR count). The van der Waals surface area contributed by atoms with Crippen LogP contribution >= 0.6 is 0 Å². The first-order valence-electron chi connectivity index (χ1n) is 12.2. The first-order chi connectivity index (χ1) is 16.9. The summed E-state index contributed by atoms with van der Waals surface area (Å²) >= 11 is 0. The smallest absolute Gasteiger partial charge is 0.251 e. The summed E-state index contributed by atoms with van der Waals surface area (Å²) in [4.78, 5) is 12.4. The Morgan fingerprint density at radius 1 is 1.09 bits per heavy atom. The third kappa shape index (κ3) is 5.77. The van der Waals surface area contributed by atoms with Crippen molar-refractivity contribution in [2.45, 2.75) is 46.1 Å². The van der Waals surface area contributed by atoms with E-state index in [1.807, 2.05) is 48.3 Å². The Balaban J connectivity index is 0.000000527. The van der Waals surface area contributed by atoms with Crippen molar-refractivity contribution >= 4 is 16.8 Å². The highest BCUT2D eigenvalue weighted by molar-refractivity contribution is 5.96. The van der Waals surface area contributed by atoms with Crippen molar-refractivity contribution in [1.82, 2.24) is 20.4 Å². The zero-order valence-corrected chi connectivity index (χ0v) is 20.9. The van der Waals surface area contributed by atoms with Gasteiger partial charge in [0.05, 0.1) is 17.4 Å². The standard InChI is InChI=1S/C25H22FN3O.C4H11N/c1-15-3-8-21(9-4-15)29-24-10-5-17(11-19(24)14-27-29)22-12-18(13-23(26)16(22)2)25(30)28-20-6-7-20;1-3-4-5-2/h3-5,8-14,20H,6-7H2,1-2H3,(H,28,30);5H,3-4H2,1-2H3. The molecule has 2 N–H and O–H groups in total. The summed E-state index contributed by atoms with van der Waals surface area (Å²) in [6, 6.07) is 17.5. The third-order valence-electron chi connectivity index (χ3n) is 6.18. The molecule has 1 aliphatic carbocycles. The van der Waals surface area contributed by atoms with Gasteiger partial charge in [0.25, 0.3) is 5.91 Å². The second-order valence-corrected chi connectivity index (χ2v) is 9.15. The van der Waals surface area contributed by atoms with Crippen molar-refractivity contribution in [1.29, 1.82) is 0 Å². The van der Waals surface area contributed by atoms with Gasteiger partial charge in [-0.15, -0.1) is 0 Å². The minimum absolute atomic E-state index is 0.217. The lowest BCUT2D eigenvalue weighted by Gasteiger charge is -2.12. The molecule has 1 aliphatic rings. The topological polar surface area (TPSA) is 59.0 Å². The molecule has 1 saturated carbocycles. The van der Waals surface area contributed by atoms with Gasteiger partial charge in [0.1, 0.15) is 5.82 Å². The lowest BCUT2D eigenvalue weighted by molar-refractivity contribution is 0.0950. The van der Waals surface area contributed by atoms with Crippen molar-refractivity contribution in [3.8, 4) is 16.8 Å². The number of hydrogen-bond donors (Lipinski definition) is 2. The average Bonchev–Trinajstić information content (AvgIpc) is 3.57. The van der Waals surface area contributed by atoms with Gasteiger partial charge in [-0.05, 0) is 99.8 Å². The maximum absolute atomic E-state index is 14.6. The van der Waals surface area contributed by atoms with E-state index < -0.39 is 0 Å². The van der Waals surface area contributed by atoms with Crippen LogP contribution in [0.5, 0.6) is 0 Å². The molecule has 182 valence electrons. The molecule has 1 amide bonds. The highest BCUT2D eigenvalue weighted by Gasteiger charge is 2.24. The normalized spacial score (nSPS) is 12.8. The summed E-state index contributed by atoms with van der Waals surface area (Å²) in [6.45, 7) is 7.08. The van der Waals surface area contributed by atoms with Gasteiger partial charge in [-0.25, -0.2) is 9.07 Å². The van der Waals surface area contributed by atoms with Gasteiger partial charge in [-0.3, -0.25) is 4.79 Å². The fraction of sp³-hybridized carbons (Fsp3) is 0.310. The number of aromatic nitrogens is 2. The highest BCUT2D eigenvalue weighted by Crippen LogP contribution is 2.31. The molecule has 1 aromatic heterocycles. The Morgan fingerprint density at radius 2 is 1.83 bits per heavy atom. The van der Waals surface area contributed by atoms with E-state index in [0.717, 1.165) is 47.1 Å². The van der Waals surface area contributed by atoms with Gasteiger partial charge in [0.15, 0.2) is 0 Å². The van der Waals surface area contributed by atoms with Crippen LogP contribution in [0.1, 0.15) is 47.7 Å². The van der Waals surface area contributed by atoms with Crippen LogP contribution in [0.4, 0.5) is 4.39 Å². The Labute approximate surface area is 206 Å². The van der Waals surface area contributed by atoms with Gasteiger partial charge in [-0.1, -0.05) is 30.7 Å². The number of hydrogen-bond acceptors (Lipinski definition) is 3. The number of fused-ring (bicyclic) bond motifs is 1. The van der Waals surface area contributed by atoms with Crippen molar-refractivity contribution in [2.75, 3.05) is 13.6 Å². The highest BCUT2D eigenvalue weighted by atomic mass is 19.1. The third-order valence-corrected chi connectivity index (χ3v) is 6.18. The van der Waals surface area contributed by atoms with E-state index >= 15 is 0 Å².